The van der Waals surface area contributed by atoms with Gasteiger partial charge >= 0.3 is 0 Å². The minimum absolute atomic E-state index is 0.0713. The molecule has 1 saturated heterocycles. The van der Waals surface area contributed by atoms with Gasteiger partial charge < -0.3 is 9.84 Å². The molecular formula is C19H16ClFN4O2S. The molecule has 1 aromatic heterocycles. The Bertz CT molecular complexity index is 965. The third-order valence-corrected chi connectivity index (χ3v) is 5.50. The Balaban J connectivity index is 1.38. The quantitative estimate of drug-likeness (QED) is 0.654. The lowest BCUT2D eigenvalue weighted by atomic mass is 10.0. The van der Waals surface area contributed by atoms with Crippen molar-refractivity contribution in [3.8, 4) is 11.4 Å². The molecule has 9 heteroatoms. The molecule has 2 unspecified atom stereocenters. The highest BCUT2D eigenvalue weighted by atomic mass is 35.5. The summed E-state index contributed by atoms with van der Waals surface area (Å²) in [5.74, 6) is 0.988. The van der Waals surface area contributed by atoms with E-state index in [1.165, 1.54) is 23.9 Å². The van der Waals surface area contributed by atoms with Crippen molar-refractivity contribution in [2.45, 2.75) is 23.7 Å². The Morgan fingerprint density at radius 3 is 2.68 bits per heavy atom. The maximum absolute atomic E-state index is 13.1. The Kier molecular flexibility index (Phi) is 5.61. The van der Waals surface area contributed by atoms with Gasteiger partial charge in [-0.05, 0) is 42.0 Å². The molecule has 0 spiro atoms. The molecule has 2 aromatic carbocycles. The van der Waals surface area contributed by atoms with E-state index >= 15 is 0 Å². The lowest BCUT2D eigenvalue weighted by molar-refractivity contribution is -0.123. The lowest BCUT2D eigenvalue weighted by Gasteiger charge is -2.31. The van der Waals surface area contributed by atoms with E-state index in [9.17, 15) is 9.18 Å². The zero-order valence-corrected chi connectivity index (χ0v) is 16.1. The third kappa shape index (κ3) is 4.52. The number of benzene rings is 2. The molecule has 144 valence electrons. The second-order valence-corrected chi connectivity index (χ2v) is 7.78. The van der Waals surface area contributed by atoms with Crippen molar-refractivity contribution in [2.24, 2.45) is 0 Å². The molecule has 1 fully saturated rings. The highest BCUT2D eigenvalue weighted by Crippen LogP contribution is 2.26. The SMILES string of the molecule is O=C1CC(c2ccc(F)cc2)NC(SCc2nc(-c3ccc(Cl)cc3)no2)N1. The number of nitrogens with zero attached hydrogens (tertiary/aromatic N) is 2. The molecule has 2 atom stereocenters. The van der Waals surface area contributed by atoms with Crippen LogP contribution in [0.15, 0.2) is 53.1 Å². The van der Waals surface area contributed by atoms with Crippen LogP contribution in [0.25, 0.3) is 11.4 Å². The summed E-state index contributed by atoms with van der Waals surface area (Å²) in [7, 11) is 0. The maximum atomic E-state index is 13.1. The highest BCUT2D eigenvalue weighted by molar-refractivity contribution is 7.99. The summed E-state index contributed by atoms with van der Waals surface area (Å²) in [5, 5.41) is 10.8. The molecule has 2 N–H and O–H groups in total. The van der Waals surface area contributed by atoms with E-state index < -0.39 is 0 Å². The summed E-state index contributed by atoms with van der Waals surface area (Å²) in [5.41, 5.74) is 1.36. The molecular weight excluding hydrogens is 403 g/mol. The second-order valence-electron chi connectivity index (χ2n) is 6.25. The van der Waals surface area contributed by atoms with Gasteiger partial charge in [-0.2, -0.15) is 4.98 Å². The first-order valence-electron chi connectivity index (χ1n) is 8.58. The Morgan fingerprint density at radius 1 is 1.18 bits per heavy atom. The van der Waals surface area contributed by atoms with Crippen molar-refractivity contribution in [2.75, 3.05) is 0 Å². The molecule has 0 radical (unpaired) electrons. The average molecular weight is 419 g/mol. The lowest BCUT2D eigenvalue weighted by Crippen LogP contribution is -2.50. The smallest absolute Gasteiger partial charge is 0.237 e. The monoisotopic (exact) mass is 418 g/mol. The molecule has 2 heterocycles. The van der Waals surface area contributed by atoms with Crippen molar-refractivity contribution in [3.63, 3.8) is 0 Å². The molecule has 0 saturated carbocycles. The summed E-state index contributed by atoms with van der Waals surface area (Å²) in [4.78, 5) is 16.4. The van der Waals surface area contributed by atoms with Gasteiger partial charge in [-0.3, -0.25) is 10.1 Å². The van der Waals surface area contributed by atoms with Crippen molar-refractivity contribution in [1.82, 2.24) is 20.8 Å². The van der Waals surface area contributed by atoms with Gasteiger partial charge in [0.1, 0.15) is 11.3 Å². The van der Waals surface area contributed by atoms with E-state index in [0.29, 0.717) is 28.9 Å². The molecule has 0 bridgehead atoms. The standard InChI is InChI=1S/C19H16ClFN4O2S/c20-13-5-1-12(2-6-13)18-24-17(27-25-18)10-28-19-22-15(9-16(26)23-19)11-3-7-14(21)8-4-11/h1-8,15,19,22H,9-10H2,(H,23,26). The van der Waals surface area contributed by atoms with E-state index in [2.05, 4.69) is 20.8 Å². The maximum Gasteiger partial charge on any atom is 0.237 e. The van der Waals surface area contributed by atoms with E-state index in [4.69, 9.17) is 16.1 Å². The predicted octanol–water partition coefficient (Wildman–Crippen LogP) is 3.90. The van der Waals surface area contributed by atoms with Gasteiger partial charge in [0, 0.05) is 23.0 Å². The number of aromatic nitrogens is 2. The molecule has 3 aromatic rings. The van der Waals surface area contributed by atoms with Crippen molar-refractivity contribution in [1.29, 1.82) is 0 Å². The minimum atomic E-state index is -0.317. The van der Waals surface area contributed by atoms with Gasteiger partial charge in [0.2, 0.25) is 17.6 Å². The van der Waals surface area contributed by atoms with Gasteiger partial charge in [0.25, 0.3) is 0 Å². The van der Waals surface area contributed by atoms with Crippen LogP contribution in [0, 0.1) is 5.82 Å². The van der Waals surface area contributed by atoms with E-state index in [0.717, 1.165) is 11.1 Å². The molecule has 1 amide bonds. The number of thioether (sulfide) groups is 1. The molecule has 6 nitrogen and oxygen atoms in total. The largest absolute Gasteiger partial charge is 0.338 e. The van der Waals surface area contributed by atoms with E-state index in [1.807, 2.05) is 12.1 Å². The van der Waals surface area contributed by atoms with Gasteiger partial charge in [0.15, 0.2) is 0 Å². The fraction of sp³-hybridized carbons (Fsp3) is 0.211. The van der Waals surface area contributed by atoms with Crippen LogP contribution in [0.1, 0.15) is 23.9 Å². The van der Waals surface area contributed by atoms with Crippen molar-refractivity contribution < 1.29 is 13.7 Å². The zero-order valence-electron chi connectivity index (χ0n) is 14.6. The van der Waals surface area contributed by atoms with Gasteiger partial charge in [-0.15, -0.1) is 11.8 Å². The second kappa shape index (κ2) is 8.30. The van der Waals surface area contributed by atoms with Gasteiger partial charge in [-0.25, -0.2) is 4.39 Å². The summed E-state index contributed by atoms with van der Waals surface area (Å²) < 4.78 is 18.4. The normalized spacial score (nSPS) is 19.4. The number of hydrogen-bond donors (Lipinski definition) is 2. The van der Waals surface area contributed by atoms with Gasteiger partial charge in [-0.1, -0.05) is 28.9 Å². The van der Waals surface area contributed by atoms with Gasteiger partial charge in [0.05, 0.1) is 5.75 Å². The number of amides is 1. The molecule has 0 aliphatic carbocycles. The first-order valence-corrected chi connectivity index (χ1v) is 10.0. The highest BCUT2D eigenvalue weighted by Gasteiger charge is 2.27. The summed E-state index contributed by atoms with van der Waals surface area (Å²) in [6.45, 7) is 0. The van der Waals surface area contributed by atoms with Crippen LogP contribution < -0.4 is 10.6 Å². The number of nitrogens with one attached hydrogen (secondary N) is 2. The summed E-state index contributed by atoms with van der Waals surface area (Å²) in [6, 6.07) is 13.1. The molecule has 4 rings (SSSR count). The van der Waals surface area contributed by atoms with Crippen LogP contribution >= 0.6 is 23.4 Å². The number of carbonyl (C=O) groups excluding carboxylic acids is 1. The molecule has 1 aliphatic heterocycles. The van der Waals surface area contributed by atoms with E-state index in [-0.39, 0.29) is 23.3 Å². The molecule has 1 aliphatic rings. The Morgan fingerprint density at radius 2 is 1.93 bits per heavy atom. The molecule has 28 heavy (non-hydrogen) atoms. The van der Waals surface area contributed by atoms with E-state index in [1.54, 1.807) is 24.3 Å². The zero-order chi connectivity index (χ0) is 19.5. The Hall–Kier alpha value is -2.42. The van der Waals surface area contributed by atoms with Crippen LogP contribution in [-0.4, -0.2) is 21.5 Å². The minimum Gasteiger partial charge on any atom is -0.338 e. The van der Waals surface area contributed by atoms with Crippen LogP contribution in [0.3, 0.4) is 0 Å². The van der Waals surface area contributed by atoms with Crippen molar-refractivity contribution >= 4 is 29.3 Å². The third-order valence-electron chi connectivity index (χ3n) is 4.25. The fourth-order valence-electron chi connectivity index (χ4n) is 2.86. The number of carbonyl (C=O) groups is 1. The van der Waals surface area contributed by atoms with Crippen LogP contribution in [0.2, 0.25) is 5.02 Å². The number of rotatable bonds is 5. The predicted molar refractivity (Wildman–Crippen MR) is 105 cm³/mol. The van der Waals surface area contributed by atoms with Crippen LogP contribution in [-0.2, 0) is 10.5 Å². The summed E-state index contributed by atoms with van der Waals surface area (Å²) in [6.07, 6.45) is 0.296. The number of hydrogen-bond acceptors (Lipinski definition) is 6. The van der Waals surface area contributed by atoms with Crippen LogP contribution in [0.5, 0.6) is 0 Å². The topological polar surface area (TPSA) is 80.1 Å². The first-order chi connectivity index (χ1) is 13.6. The van der Waals surface area contributed by atoms with Crippen LogP contribution in [0.4, 0.5) is 4.39 Å². The summed E-state index contributed by atoms with van der Waals surface area (Å²) >= 11 is 7.32. The Labute approximate surface area is 169 Å². The number of halogens is 2. The fourth-order valence-corrected chi connectivity index (χ4v) is 3.88. The average Bonchev–Trinajstić information content (AvgIpc) is 3.16. The van der Waals surface area contributed by atoms with Crippen molar-refractivity contribution in [3.05, 3.63) is 70.8 Å². The first kappa shape index (κ1) is 18.9.